The Kier molecular flexibility index (Phi) is 2.66. The van der Waals surface area contributed by atoms with Crippen molar-refractivity contribution in [1.82, 2.24) is 4.90 Å². The maximum Gasteiger partial charge on any atom is 0.0474 e. The third-order valence-electron chi connectivity index (χ3n) is 3.21. The third-order valence-corrected chi connectivity index (χ3v) is 3.21. The van der Waals surface area contributed by atoms with E-state index in [2.05, 4.69) is 4.90 Å². The molecule has 2 nitrogen and oxygen atoms in total. The molecule has 12 heavy (non-hydrogen) atoms. The van der Waals surface area contributed by atoms with Crippen molar-refractivity contribution in [3.63, 3.8) is 0 Å². The summed E-state index contributed by atoms with van der Waals surface area (Å²) in [4.78, 5) is 2.51. The number of hydrogen-bond acceptors (Lipinski definition) is 2. The summed E-state index contributed by atoms with van der Waals surface area (Å²) in [5.74, 6) is 1.44. The van der Waals surface area contributed by atoms with Crippen molar-refractivity contribution in [1.29, 1.82) is 0 Å². The van der Waals surface area contributed by atoms with Crippen LogP contribution in [0, 0.1) is 11.8 Å². The lowest BCUT2D eigenvalue weighted by Crippen LogP contribution is -2.29. The van der Waals surface area contributed by atoms with Crippen molar-refractivity contribution in [2.24, 2.45) is 11.8 Å². The highest BCUT2D eigenvalue weighted by atomic mass is 16.3. The summed E-state index contributed by atoms with van der Waals surface area (Å²) in [6, 6.07) is 0. The van der Waals surface area contributed by atoms with Crippen molar-refractivity contribution < 1.29 is 5.11 Å². The lowest BCUT2D eigenvalue weighted by Gasteiger charge is -2.21. The Morgan fingerprint density at radius 1 is 1.25 bits per heavy atom. The van der Waals surface area contributed by atoms with Gasteiger partial charge in [0.05, 0.1) is 0 Å². The van der Waals surface area contributed by atoms with E-state index in [1.807, 2.05) is 0 Å². The Labute approximate surface area is 74.6 Å². The van der Waals surface area contributed by atoms with Gasteiger partial charge in [-0.2, -0.15) is 0 Å². The molecule has 0 aromatic carbocycles. The number of aliphatic hydroxyl groups excluding tert-OH is 1. The summed E-state index contributed by atoms with van der Waals surface area (Å²) < 4.78 is 0. The Balaban J connectivity index is 1.74. The topological polar surface area (TPSA) is 23.5 Å². The van der Waals surface area contributed by atoms with Gasteiger partial charge in [-0.1, -0.05) is 0 Å². The number of hydrogen-bond donors (Lipinski definition) is 1. The standard InChI is InChI=1S/C10H19NO/c12-8-10(9-3-4-9)7-11-5-1-2-6-11/h9-10,12H,1-8H2/t10-/m1/s1. The number of aliphatic hydroxyl groups is 1. The Morgan fingerprint density at radius 3 is 2.42 bits per heavy atom. The lowest BCUT2D eigenvalue weighted by molar-refractivity contribution is 0.164. The van der Waals surface area contributed by atoms with Gasteiger partial charge >= 0.3 is 0 Å². The normalized spacial score (nSPS) is 27.8. The molecule has 0 spiro atoms. The van der Waals surface area contributed by atoms with Gasteiger partial charge in [0.2, 0.25) is 0 Å². The maximum atomic E-state index is 9.17. The average Bonchev–Trinajstić information content (AvgIpc) is 2.80. The van der Waals surface area contributed by atoms with Gasteiger partial charge in [-0.05, 0) is 50.6 Å². The molecular weight excluding hydrogens is 150 g/mol. The van der Waals surface area contributed by atoms with Crippen LogP contribution < -0.4 is 0 Å². The maximum absolute atomic E-state index is 9.17. The third kappa shape index (κ3) is 1.99. The smallest absolute Gasteiger partial charge is 0.0474 e. The summed E-state index contributed by atoms with van der Waals surface area (Å²) in [5, 5.41) is 9.17. The van der Waals surface area contributed by atoms with Gasteiger partial charge in [0, 0.05) is 13.2 Å². The molecule has 1 N–H and O–H groups in total. The zero-order chi connectivity index (χ0) is 8.39. The quantitative estimate of drug-likeness (QED) is 0.681. The zero-order valence-electron chi connectivity index (χ0n) is 7.71. The van der Waals surface area contributed by atoms with E-state index in [-0.39, 0.29) is 0 Å². The molecule has 2 fully saturated rings. The minimum absolute atomic E-state index is 0.404. The molecule has 1 aliphatic heterocycles. The van der Waals surface area contributed by atoms with Crippen LogP contribution in [0.3, 0.4) is 0 Å². The molecule has 0 unspecified atom stereocenters. The number of rotatable bonds is 4. The molecule has 2 rings (SSSR count). The largest absolute Gasteiger partial charge is 0.396 e. The summed E-state index contributed by atoms with van der Waals surface area (Å²) in [6.45, 7) is 4.09. The first-order valence-corrected chi connectivity index (χ1v) is 5.23. The fourth-order valence-electron chi connectivity index (χ4n) is 2.22. The van der Waals surface area contributed by atoms with Gasteiger partial charge < -0.3 is 10.0 Å². The van der Waals surface area contributed by atoms with E-state index in [9.17, 15) is 5.11 Å². The summed E-state index contributed by atoms with van der Waals surface area (Å²) >= 11 is 0. The minimum Gasteiger partial charge on any atom is -0.396 e. The molecule has 0 aromatic heterocycles. The van der Waals surface area contributed by atoms with Crippen molar-refractivity contribution >= 4 is 0 Å². The van der Waals surface area contributed by atoms with Gasteiger partial charge in [0.1, 0.15) is 0 Å². The van der Waals surface area contributed by atoms with Crippen LogP contribution in [-0.2, 0) is 0 Å². The average molecular weight is 169 g/mol. The molecule has 1 aliphatic carbocycles. The van der Waals surface area contributed by atoms with E-state index >= 15 is 0 Å². The van der Waals surface area contributed by atoms with E-state index in [1.165, 1.54) is 38.8 Å². The second-order valence-corrected chi connectivity index (χ2v) is 4.29. The molecule has 0 radical (unpaired) electrons. The monoisotopic (exact) mass is 169 g/mol. The van der Waals surface area contributed by atoms with E-state index < -0.39 is 0 Å². The molecule has 1 saturated heterocycles. The van der Waals surface area contributed by atoms with Crippen molar-refractivity contribution in [3.8, 4) is 0 Å². The Hall–Kier alpha value is -0.0800. The van der Waals surface area contributed by atoms with Crippen LogP contribution in [0.15, 0.2) is 0 Å². The van der Waals surface area contributed by atoms with Crippen LogP contribution in [0.4, 0.5) is 0 Å². The fraction of sp³-hybridized carbons (Fsp3) is 1.00. The van der Waals surface area contributed by atoms with Gasteiger partial charge in [0.25, 0.3) is 0 Å². The highest BCUT2D eigenvalue weighted by molar-refractivity contribution is 4.83. The molecule has 1 heterocycles. The first-order valence-electron chi connectivity index (χ1n) is 5.23. The first kappa shape index (κ1) is 8.52. The van der Waals surface area contributed by atoms with E-state index in [0.717, 1.165) is 12.5 Å². The predicted octanol–water partition coefficient (Wildman–Crippen LogP) is 1.10. The van der Waals surface area contributed by atoms with E-state index in [4.69, 9.17) is 0 Å². The molecule has 0 amide bonds. The van der Waals surface area contributed by atoms with E-state index in [0.29, 0.717) is 12.5 Å². The minimum atomic E-state index is 0.404. The second kappa shape index (κ2) is 3.75. The van der Waals surface area contributed by atoms with Gasteiger partial charge in [-0.25, -0.2) is 0 Å². The summed E-state index contributed by atoms with van der Waals surface area (Å²) in [7, 11) is 0. The van der Waals surface area contributed by atoms with Crippen LogP contribution in [0.5, 0.6) is 0 Å². The zero-order valence-corrected chi connectivity index (χ0v) is 7.71. The number of nitrogens with zero attached hydrogens (tertiary/aromatic N) is 1. The second-order valence-electron chi connectivity index (χ2n) is 4.29. The SMILES string of the molecule is OC[C@@H](CN1CCCC1)C1CC1. The summed E-state index contributed by atoms with van der Waals surface area (Å²) in [5.41, 5.74) is 0. The molecule has 2 aliphatic rings. The van der Waals surface area contributed by atoms with Crippen molar-refractivity contribution in [2.75, 3.05) is 26.2 Å². The predicted molar refractivity (Wildman–Crippen MR) is 49.0 cm³/mol. The highest BCUT2D eigenvalue weighted by Gasteiger charge is 2.32. The molecule has 0 bridgehead atoms. The summed E-state index contributed by atoms with van der Waals surface area (Å²) in [6.07, 6.45) is 5.45. The van der Waals surface area contributed by atoms with Crippen LogP contribution >= 0.6 is 0 Å². The lowest BCUT2D eigenvalue weighted by atomic mass is 10.1. The first-order chi connectivity index (χ1) is 5.90. The van der Waals surface area contributed by atoms with Crippen LogP contribution in [0.1, 0.15) is 25.7 Å². The molecular formula is C10H19NO. The van der Waals surface area contributed by atoms with Gasteiger partial charge in [-0.15, -0.1) is 0 Å². The van der Waals surface area contributed by atoms with Crippen molar-refractivity contribution in [2.45, 2.75) is 25.7 Å². The van der Waals surface area contributed by atoms with Crippen LogP contribution in [-0.4, -0.2) is 36.2 Å². The van der Waals surface area contributed by atoms with Crippen molar-refractivity contribution in [3.05, 3.63) is 0 Å². The molecule has 1 atom stereocenters. The molecule has 0 aromatic rings. The molecule has 1 saturated carbocycles. The van der Waals surface area contributed by atoms with E-state index in [1.54, 1.807) is 0 Å². The van der Waals surface area contributed by atoms with Gasteiger partial charge in [-0.3, -0.25) is 0 Å². The van der Waals surface area contributed by atoms with Crippen LogP contribution in [0.2, 0.25) is 0 Å². The Bertz CT molecular complexity index is 139. The fourth-order valence-corrected chi connectivity index (χ4v) is 2.22. The Morgan fingerprint density at radius 2 is 1.92 bits per heavy atom. The number of likely N-dealkylation sites (tertiary alicyclic amines) is 1. The highest BCUT2D eigenvalue weighted by Crippen LogP contribution is 2.37. The molecule has 70 valence electrons. The van der Waals surface area contributed by atoms with Crippen LogP contribution in [0.25, 0.3) is 0 Å². The molecule has 2 heteroatoms. The van der Waals surface area contributed by atoms with Gasteiger partial charge in [0.15, 0.2) is 0 Å².